The van der Waals surface area contributed by atoms with Gasteiger partial charge in [-0.15, -0.1) is 0 Å². The van der Waals surface area contributed by atoms with Gasteiger partial charge in [-0.05, 0) is 52.7 Å². The third-order valence-corrected chi connectivity index (χ3v) is 5.18. The normalized spacial score (nSPS) is 24.3. The van der Waals surface area contributed by atoms with Gasteiger partial charge in [-0.25, -0.2) is 4.39 Å². The molecule has 3 rings (SSSR count). The highest BCUT2D eigenvalue weighted by Crippen LogP contribution is 2.37. The van der Waals surface area contributed by atoms with Crippen molar-refractivity contribution in [2.24, 2.45) is 0 Å². The summed E-state index contributed by atoms with van der Waals surface area (Å²) >= 11 is 0. The van der Waals surface area contributed by atoms with Crippen molar-refractivity contribution in [1.82, 2.24) is 0 Å². The lowest BCUT2D eigenvalue weighted by Crippen LogP contribution is -2.41. The van der Waals surface area contributed by atoms with E-state index < -0.39 is 24.1 Å². The molecule has 0 aliphatic carbocycles. The van der Waals surface area contributed by atoms with Crippen molar-refractivity contribution in [3.8, 4) is 11.8 Å². The lowest BCUT2D eigenvalue weighted by molar-refractivity contribution is 0.00578. The summed E-state index contributed by atoms with van der Waals surface area (Å²) in [5.74, 6) is -0.219. The second kappa shape index (κ2) is 6.60. The molecule has 1 atom stereocenters. The fourth-order valence-electron chi connectivity index (χ4n) is 2.89. The Kier molecular flexibility index (Phi) is 4.80. The molecule has 0 N–H and O–H groups in total. The zero-order chi connectivity index (χ0) is 18.2. The van der Waals surface area contributed by atoms with E-state index in [0.717, 1.165) is 19.4 Å². The first-order valence-corrected chi connectivity index (χ1v) is 8.57. The predicted octanol–water partition coefficient (Wildman–Crippen LogP) is 2.55. The second-order valence-electron chi connectivity index (χ2n) is 7.52. The summed E-state index contributed by atoms with van der Waals surface area (Å²) in [6, 6.07) is 4.65. The molecule has 2 fully saturated rings. The predicted molar refractivity (Wildman–Crippen MR) is 91.3 cm³/mol. The molecule has 5 nitrogen and oxygen atoms in total. The van der Waals surface area contributed by atoms with Crippen LogP contribution >= 0.6 is 0 Å². The molecule has 134 valence electrons. The van der Waals surface area contributed by atoms with Crippen molar-refractivity contribution in [2.75, 3.05) is 13.2 Å². The summed E-state index contributed by atoms with van der Waals surface area (Å²) in [7, 11) is -0.845. The molecule has 2 aliphatic heterocycles. The van der Waals surface area contributed by atoms with Gasteiger partial charge in [-0.1, -0.05) is 0 Å². The molecule has 1 unspecified atom stereocenters. The van der Waals surface area contributed by atoms with Crippen LogP contribution in [0.1, 0.15) is 46.1 Å². The van der Waals surface area contributed by atoms with Crippen LogP contribution in [0.5, 0.6) is 5.75 Å². The van der Waals surface area contributed by atoms with Crippen LogP contribution in [0.4, 0.5) is 4.39 Å². The Bertz CT molecular complexity index is 679. The molecule has 0 saturated carbocycles. The first-order chi connectivity index (χ1) is 11.7. The first kappa shape index (κ1) is 18.2. The number of hydrogen-bond acceptors (Lipinski definition) is 5. The third-order valence-electron chi connectivity index (χ3n) is 5.18. The van der Waals surface area contributed by atoms with Crippen LogP contribution in [0, 0.1) is 17.1 Å². The van der Waals surface area contributed by atoms with Crippen molar-refractivity contribution < 1.29 is 23.2 Å². The Morgan fingerprint density at radius 1 is 1.28 bits per heavy atom. The topological polar surface area (TPSA) is 60.7 Å². The van der Waals surface area contributed by atoms with Crippen LogP contribution in [-0.2, 0) is 14.0 Å². The highest BCUT2D eigenvalue weighted by atomic mass is 19.1. The number of benzene rings is 1. The van der Waals surface area contributed by atoms with Gasteiger partial charge < -0.3 is 18.8 Å². The Balaban J connectivity index is 1.85. The summed E-state index contributed by atoms with van der Waals surface area (Å²) in [4.78, 5) is 0. The summed E-state index contributed by atoms with van der Waals surface area (Å²) in [6.45, 7) is 8.68. The number of nitriles is 1. The Morgan fingerprint density at radius 3 is 2.52 bits per heavy atom. The van der Waals surface area contributed by atoms with E-state index >= 15 is 0 Å². The number of hydrogen-bond donors (Lipinski definition) is 0. The minimum absolute atomic E-state index is 0.0110. The SMILES string of the molecule is CC1(C)OB(c2cc(OCC3CCCO3)c(C#N)cc2F)OC1(C)C. The number of halogens is 1. The average Bonchev–Trinajstić information content (AvgIpc) is 3.12. The van der Waals surface area contributed by atoms with E-state index in [1.54, 1.807) is 0 Å². The number of rotatable bonds is 4. The Labute approximate surface area is 148 Å². The van der Waals surface area contributed by atoms with Crippen LogP contribution in [-0.4, -0.2) is 37.6 Å². The maximum Gasteiger partial charge on any atom is 0.497 e. The van der Waals surface area contributed by atoms with Gasteiger partial charge in [0, 0.05) is 12.1 Å². The Morgan fingerprint density at radius 2 is 1.96 bits per heavy atom. The molecular weight excluding hydrogens is 324 g/mol. The van der Waals surface area contributed by atoms with Gasteiger partial charge in [0.15, 0.2) is 0 Å². The fourth-order valence-corrected chi connectivity index (χ4v) is 2.89. The number of ether oxygens (including phenoxy) is 2. The lowest BCUT2D eigenvalue weighted by atomic mass is 9.78. The summed E-state index contributed by atoms with van der Waals surface area (Å²) in [5, 5.41) is 9.27. The van der Waals surface area contributed by atoms with E-state index in [1.165, 1.54) is 12.1 Å². The minimum Gasteiger partial charge on any atom is -0.490 e. The summed E-state index contributed by atoms with van der Waals surface area (Å²) < 4.78 is 37.6. The molecule has 0 amide bonds. The average molecular weight is 347 g/mol. The van der Waals surface area contributed by atoms with Gasteiger partial charge in [-0.3, -0.25) is 0 Å². The quantitative estimate of drug-likeness (QED) is 0.784. The van der Waals surface area contributed by atoms with Crippen LogP contribution in [0.3, 0.4) is 0 Å². The summed E-state index contributed by atoms with van der Waals surface area (Å²) in [5.41, 5.74) is -0.760. The molecule has 2 saturated heterocycles. The molecule has 0 radical (unpaired) electrons. The van der Waals surface area contributed by atoms with Crippen LogP contribution in [0.2, 0.25) is 0 Å². The molecule has 7 heteroatoms. The minimum atomic E-state index is -0.845. The molecule has 0 aromatic heterocycles. The smallest absolute Gasteiger partial charge is 0.490 e. The standard InChI is InChI=1S/C18H23BFNO4/c1-17(2)18(3,4)25-19(24-17)14-9-16(12(10-21)8-15(14)20)23-11-13-6-5-7-22-13/h8-9,13H,5-7,11H2,1-4H3. The molecule has 25 heavy (non-hydrogen) atoms. The maximum atomic E-state index is 14.5. The molecule has 2 heterocycles. The molecule has 0 bridgehead atoms. The van der Waals surface area contributed by atoms with Gasteiger partial charge in [0.05, 0.1) is 22.9 Å². The molecule has 0 spiro atoms. The highest BCUT2D eigenvalue weighted by Gasteiger charge is 2.52. The van der Waals surface area contributed by atoms with Gasteiger partial charge in [0.25, 0.3) is 0 Å². The second-order valence-corrected chi connectivity index (χ2v) is 7.52. The van der Waals surface area contributed by atoms with Crippen molar-refractivity contribution >= 4 is 12.6 Å². The molecule has 2 aliphatic rings. The molecule has 1 aromatic carbocycles. The van der Waals surface area contributed by atoms with Crippen LogP contribution in [0.15, 0.2) is 12.1 Å². The van der Waals surface area contributed by atoms with E-state index in [1.807, 2.05) is 33.8 Å². The van der Waals surface area contributed by atoms with Crippen molar-refractivity contribution in [1.29, 1.82) is 5.26 Å². The van der Waals surface area contributed by atoms with Gasteiger partial charge >= 0.3 is 7.12 Å². The van der Waals surface area contributed by atoms with E-state index in [4.69, 9.17) is 18.8 Å². The van der Waals surface area contributed by atoms with Gasteiger partial charge in [0.1, 0.15) is 24.2 Å². The largest absolute Gasteiger partial charge is 0.497 e. The number of nitrogens with zero attached hydrogens (tertiary/aromatic N) is 1. The van der Waals surface area contributed by atoms with E-state index in [0.29, 0.717) is 12.4 Å². The Hall–Kier alpha value is -1.62. The van der Waals surface area contributed by atoms with Gasteiger partial charge in [-0.2, -0.15) is 5.26 Å². The van der Waals surface area contributed by atoms with Crippen LogP contribution in [0.25, 0.3) is 0 Å². The van der Waals surface area contributed by atoms with Gasteiger partial charge in [0.2, 0.25) is 0 Å². The monoisotopic (exact) mass is 347 g/mol. The van der Waals surface area contributed by atoms with Crippen molar-refractivity contribution in [3.63, 3.8) is 0 Å². The molecular formula is C18H23BFNO4. The highest BCUT2D eigenvalue weighted by molar-refractivity contribution is 6.62. The van der Waals surface area contributed by atoms with E-state index in [2.05, 4.69) is 0 Å². The third kappa shape index (κ3) is 3.52. The molecule has 1 aromatic rings. The van der Waals surface area contributed by atoms with E-state index in [-0.39, 0.29) is 17.1 Å². The zero-order valence-electron chi connectivity index (χ0n) is 15.1. The maximum absolute atomic E-state index is 14.5. The first-order valence-electron chi connectivity index (χ1n) is 8.57. The van der Waals surface area contributed by atoms with Crippen molar-refractivity contribution in [3.05, 3.63) is 23.5 Å². The zero-order valence-corrected chi connectivity index (χ0v) is 15.1. The van der Waals surface area contributed by atoms with Crippen molar-refractivity contribution in [2.45, 2.75) is 57.8 Å². The lowest BCUT2D eigenvalue weighted by Gasteiger charge is -2.32. The van der Waals surface area contributed by atoms with E-state index in [9.17, 15) is 9.65 Å². The fraction of sp³-hybridized carbons (Fsp3) is 0.611. The van der Waals surface area contributed by atoms with Crippen LogP contribution < -0.4 is 10.2 Å². The summed E-state index contributed by atoms with van der Waals surface area (Å²) in [6.07, 6.45) is 1.94.